The summed E-state index contributed by atoms with van der Waals surface area (Å²) in [6, 6.07) is 6.93. The van der Waals surface area contributed by atoms with Gasteiger partial charge in [-0.05, 0) is 87.4 Å². The summed E-state index contributed by atoms with van der Waals surface area (Å²) in [4.78, 5) is 23.3. The molecule has 2 atom stereocenters. The summed E-state index contributed by atoms with van der Waals surface area (Å²) < 4.78 is 50.3. The highest BCUT2D eigenvalue weighted by Crippen LogP contribution is 2.39. The van der Waals surface area contributed by atoms with Crippen LogP contribution in [-0.4, -0.2) is 90.7 Å². The number of benzene rings is 1. The first kappa shape index (κ1) is 29.8. The summed E-state index contributed by atoms with van der Waals surface area (Å²) in [6.07, 6.45) is 1.78. The molecule has 5 rings (SSSR count). The average Bonchev–Trinajstić information content (AvgIpc) is 2.98. The minimum Gasteiger partial charge on any atom is -0.493 e. The lowest BCUT2D eigenvalue weighted by Crippen LogP contribution is -2.57. The number of hydrogen-bond acceptors (Lipinski definition) is 6. The molecule has 224 valence electrons. The van der Waals surface area contributed by atoms with E-state index in [0.29, 0.717) is 19.7 Å². The molecule has 1 aromatic carbocycles. The molecule has 0 unspecified atom stereocenters. The SMILES string of the molecule is Cc1c(OCCCCN2CCOCC2)ccc([C@H]2CCC[C@H]3CN(C(=O)c4ccc(C(F)(F)F)nc4)CCN32)c1C. The Kier molecular flexibility index (Phi) is 9.51. The number of nitrogens with zero attached hydrogens (tertiary/aromatic N) is 4. The van der Waals surface area contributed by atoms with Gasteiger partial charge < -0.3 is 14.4 Å². The van der Waals surface area contributed by atoms with Crippen LogP contribution in [0.5, 0.6) is 5.75 Å². The predicted molar refractivity (Wildman–Crippen MR) is 150 cm³/mol. The van der Waals surface area contributed by atoms with Crippen molar-refractivity contribution in [1.29, 1.82) is 0 Å². The summed E-state index contributed by atoms with van der Waals surface area (Å²) in [6.45, 7) is 11.6. The number of piperidine rings is 1. The number of unbranched alkanes of at least 4 members (excludes halogenated alkanes) is 1. The van der Waals surface area contributed by atoms with Gasteiger partial charge in [0.15, 0.2) is 0 Å². The monoisotopic (exact) mass is 574 g/mol. The Hall–Kier alpha value is -2.69. The van der Waals surface area contributed by atoms with E-state index in [1.165, 1.54) is 22.8 Å². The van der Waals surface area contributed by atoms with Gasteiger partial charge in [-0.25, -0.2) is 0 Å². The number of pyridine rings is 1. The van der Waals surface area contributed by atoms with Crippen LogP contribution in [0.3, 0.4) is 0 Å². The number of halogens is 3. The maximum atomic E-state index is 13.1. The van der Waals surface area contributed by atoms with Gasteiger partial charge in [-0.2, -0.15) is 13.2 Å². The second kappa shape index (κ2) is 13.1. The fourth-order valence-electron chi connectivity index (χ4n) is 6.42. The predicted octanol–water partition coefficient (Wildman–Crippen LogP) is 5.26. The van der Waals surface area contributed by atoms with Crippen LogP contribution in [0.4, 0.5) is 13.2 Å². The Balaban J connectivity index is 1.17. The van der Waals surface area contributed by atoms with Crippen LogP contribution in [-0.2, 0) is 10.9 Å². The van der Waals surface area contributed by atoms with Gasteiger partial charge in [-0.3, -0.25) is 19.6 Å². The van der Waals surface area contributed by atoms with Crippen molar-refractivity contribution in [3.05, 3.63) is 58.4 Å². The molecule has 0 radical (unpaired) electrons. The number of rotatable bonds is 8. The molecule has 0 aliphatic carbocycles. The molecule has 10 heteroatoms. The molecule has 3 aliphatic heterocycles. The van der Waals surface area contributed by atoms with E-state index < -0.39 is 11.9 Å². The Labute approximate surface area is 240 Å². The number of hydrogen-bond donors (Lipinski definition) is 0. The number of alkyl halides is 3. The number of aromatic nitrogens is 1. The van der Waals surface area contributed by atoms with E-state index in [1.54, 1.807) is 4.90 Å². The number of fused-ring (bicyclic) bond motifs is 1. The van der Waals surface area contributed by atoms with Crippen molar-refractivity contribution in [3.63, 3.8) is 0 Å². The van der Waals surface area contributed by atoms with Gasteiger partial charge >= 0.3 is 6.18 Å². The molecule has 2 aromatic rings. The molecule has 0 bridgehead atoms. The van der Waals surface area contributed by atoms with Crippen LogP contribution in [0, 0.1) is 13.8 Å². The number of carbonyl (C=O) groups excluding carboxylic acids is 1. The zero-order valence-corrected chi connectivity index (χ0v) is 24.1. The van der Waals surface area contributed by atoms with E-state index >= 15 is 0 Å². The van der Waals surface area contributed by atoms with Gasteiger partial charge in [-0.15, -0.1) is 0 Å². The zero-order chi connectivity index (χ0) is 29.0. The highest BCUT2D eigenvalue weighted by Gasteiger charge is 2.38. The van der Waals surface area contributed by atoms with Crippen LogP contribution in [0.25, 0.3) is 0 Å². The minimum atomic E-state index is -4.52. The van der Waals surface area contributed by atoms with E-state index in [2.05, 4.69) is 40.8 Å². The molecular formula is C31H41F3N4O3. The molecule has 41 heavy (non-hydrogen) atoms. The number of amides is 1. The fraction of sp³-hybridized carbons (Fsp3) is 0.613. The van der Waals surface area contributed by atoms with Crippen molar-refractivity contribution >= 4 is 5.91 Å². The van der Waals surface area contributed by atoms with Crippen LogP contribution < -0.4 is 4.74 Å². The molecule has 1 amide bonds. The van der Waals surface area contributed by atoms with Crippen molar-refractivity contribution in [2.75, 3.05) is 59.1 Å². The average molecular weight is 575 g/mol. The van der Waals surface area contributed by atoms with Gasteiger partial charge in [0, 0.05) is 51.0 Å². The van der Waals surface area contributed by atoms with E-state index in [-0.39, 0.29) is 23.6 Å². The van der Waals surface area contributed by atoms with Crippen LogP contribution in [0.1, 0.15) is 70.9 Å². The first-order valence-electron chi connectivity index (χ1n) is 14.8. The molecule has 0 N–H and O–H groups in total. The smallest absolute Gasteiger partial charge is 0.433 e. The van der Waals surface area contributed by atoms with Crippen molar-refractivity contribution in [1.82, 2.24) is 19.7 Å². The number of piperazine rings is 1. The number of ether oxygens (including phenoxy) is 2. The van der Waals surface area contributed by atoms with Gasteiger partial charge in [0.05, 0.1) is 25.4 Å². The maximum Gasteiger partial charge on any atom is 0.433 e. The molecule has 4 heterocycles. The van der Waals surface area contributed by atoms with Crippen LogP contribution >= 0.6 is 0 Å². The summed E-state index contributed by atoms with van der Waals surface area (Å²) in [7, 11) is 0. The summed E-state index contributed by atoms with van der Waals surface area (Å²) >= 11 is 0. The standard InChI is InChI=1S/C31H41F3N4O3/c1-22-23(2)28(41-17-4-3-12-36-15-18-40-19-16-36)10-9-26(22)27-7-5-6-25-21-37(13-14-38(25)27)30(39)24-8-11-29(35-20-24)31(32,33)34/h8-11,20,25,27H,3-7,12-19,21H2,1-2H3/t25-,27+/m0/s1. The molecule has 0 spiro atoms. The van der Waals surface area contributed by atoms with Crippen LogP contribution in [0.2, 0.25) is 0 Å². The van der Waals surface area contributed by atoms with E-state index in [0.717, 1.165) is 89.5 Å². The first-order valence-corrected chi connectivity index (χ1v) is 14.8. The van der Waals surface area contributed by atoms with Crippen molar-refractivity contribution in [2.45, 2.75) is 64.2 Å². The third kappa shape index (κ3) is 7.04. The first-order chi connectivity index (χ1) is 19.7. The molecule has 3 fully saturated rings. The highest BCUT2D eigenvalue weighted by atomic mass is 19.4. The minimum absolute atomic E-state index is 0.196. The fourth-order valence-corrected chi connectivity index (χ4v) is 6.42. The summed E-state index contributed by atoms with van der Waals surface area (Å²) in [5.41, 5.74) is 2.97. The van der Waals surface area contributed by atoms with Gasteiger partial charge in [0.1, 0.15) is 11.4 Å². The Morgan fingerprint density at radius 3 is 2.56 bits per heavy atom. The van der Waals surface area contributed by atoms with Crippen molar-refractivity contribution in [3.8, 4) is 5.75 Å². The molecule has 7 nitrogen and oxygen atoms in total. The van der Waals surface area contributed by atoms with Gasteiger partial charge in [0.25, 0.3) is 5.91 Å². The largest absolute Gasteiger partial charge is 0.493 e. The third-order valence-corrected chi connectivity index (χ3v) is 8.90. The highest BCUT2D eigenvalue weighted by molar-refractivity contribution is 5.94. The Bertz CT molecular complexity index is 1180. The van der Waals surface area contributed by atoms with E-state index in [9.17, 15) is 18.0 Å². The van der Waals surface area contributed by atoms with Crippen LogP contribution in [0.15, 0.2) is 30.5 Å². The van der Waals surface area contributed by atoms with Crippen molar-refractivity contribution < 1.29 is 27.4 Å². The molecular weight excluding hydrogens is 533 g/mol. The maximum absolute atomic E-state index is 13.1. The third-order valence-electron chi connectivity index (χ3n) is 8.90. The topological polar surface area (TPSA) is 58.1 Å². The quantitative estimate of drug-likeness (QED) is 0.401. The lowest BCUT2D eigenvalue weighted by Gasteiger charge is -2.48. The van der Waals surface area contributed by atoms with Crippen molar-refractivity contribution in [2.24, 2.45) is 0 Å². The van der Waals surface area contributed by atoms with E-state index in [4.69, 9.17) is 9.47 Å². The lowest BCUT2D eigenvalue weighted by atomic mass is 9.86. The van der Waals surface area contributed by atoms with Gasteiger partial charge in [0.2, 0.25) is 0 Å². The molecule has 0 saturated carbocycles. The summed E-state index contributed by atoms with van der Waals surface area (Å²) in [5.74, 6) is 0.692. The number of morpholine rings is 1. The molecule has 3 saturated heterocycles. The van der Waals surface area contributed by atoms with Gasteiger partial charge in [-0.1, -0.05) is 6.07 Å². The summed E-state index contributed by atoms with van der Waals surface area (Å²) in [5, 5.41) is 0. The Morgan fingerprint density at radius 2 is 1.83 bits per heavy atom. The molecule has 3 aliphatic rings. The lowest BCUT2D eigenvalue weighted by molar-refractivity contribution is -0.141. The zero-order valence-electron chi connectivity index (χ0n) is 24.1. The number of carbonyl (C=O) groups is 1. The van der Waals surface area contributed by atoms with E-state index in [1.807, 2.05) is 0 Å². The Morgan fingerprint density at radius 1 is 1.02 bits per heavy atom. The molecule has 1 aromatic heterocycles. The normalized spacial score (nSPS) is 22.4. The second-order valence-electron chi connectivity index (χ2n) is 11.4. The second-order valence-corrected chi connectivity index (χ2v) is 11.4.